The van der Waals surface area contributed by atoms with Crippen LogP contribution in [0.5, 0.6) is 0 Å². The number of rotatable bonds is 3. The van der Waals surface area contributed by atoms with E-state index in [0.29, 0.717) is 6.54 Å². The van der Waals surface area contributed by atoms with Crippen molar-refractivity contribution in [3.05, 3.63) is 29.0 Å². The second-order valence-electron chi connectivity index (χ2n) is 4.65. The van der Waals surface area contributed by atoms with Crippen LogP contribution in [0.15, 0.2) is 18.2 Å². The predicted molar refractivity (Wildman–Crippen MR) is 75.1 cm³/mol. The van der Waals surface area contributed by atoms with Gasteiger partial charge in [-0.1, -0.05) is 11.6 Å². The highest BCUT2D eigenvalue weighted by atomic mass is 35.5. The Bertz CT molecular complexity index is 621. The van der Waals surface area contributed by atoms with Gasteiger partial charge < -0.3 is 10.6 Å². The minimum atomic E-state index is -3.08. The number of anilines is 1. The molecule has 1 saturated heterocycles. The van der Waals surface area contributed by atoms with E-state index in [1.165, 1.54) is 12.1 Å². The fraction of sp³-hybridized carbons (Fsp3) is 0.417. The smallest absolute Gasteiger partial charge is 0.225 e. The molecule has 1 heterocycles. The molecule has 1 aliphatic heterocycles. The van der Waals surface area contributed by atoms with Crippen molar-refractivity contribution in [3.63, 3.8) is 0 Å². The molecule has 110 valence electrons. The normalized spacial score (nSPS) is 21.4. The van der Waals surface area contributed by atoms with Gasteiger partial charge in [-0.05, 0) is 18.2 Å². The molecule has 1 unspecified atom stereocenters. The summed E-state index contributed by atoms with van der Waals surface area (Å²) in [6.07, 6.45) is 0.0173. The molecule has 1 aliphatic rings. The number of carbonyl (C=O) groups is 1. The average Bonchev–Trinajstić information content (AvgIpc) is 2.32. The van der Waals surface area contributed by atoms with Gasteiger partial charge >= 0.3 is 0 Å². The Hall–Kier alpha value is -1.18. The van der Waals surface area contributed by atoms with E-state index in [4.69, 9.17) is 11.6 Å². The van der Waals surface area contributed by atoms with Gasteiger partial charge in [0.05, 0.1) is 16.5 Å². The number of amides is 1. The van der Waals surface area contributed by atoms with Crippen molar-refractivity contribution in [2.75, 3.05) is 23.4 Å². The molecular formula is C12H14ClFN2O3S. The largest absolute Gasteiger partial charge is 0.326 e. The van der Waals surface area contributed by atoms with Gasteiger partial charge in [-0.25, -0.2) is 12.8 Å². The van der Waals surface area contributed by atoms with Crippen LogP contribution in [0, 0.1) is 5.82 Å². The third-order valence-corrected chi connectivity index (χ3v) is 4.98. The van der Waals surface area contributed by atoms with Crippen LogP contribution < -0.4 is 10.6 Å². The molecule has 1 aromatic rings. The van der Waals surface area contributed by atoms with E-state index in [1.807, 2.05) is 0 Å². The fourth-order valence-electron chi connectivity index (χ4n) is 2.01. The second-order valence-corrected chi connectivity index (χ2v) is 7.28. The third-order valence-electron chi connectivity index (χ3n) is 2.94. The van der Waals surface area contributed by atoms with Crippen LogP contribution in [0.2, 0.25) is 5.02 Å². The SMILES string of the molecule is O=C(CC1CS(=O)(=O)CCN1)Nc1ccc(Cl)c(F)c1. The standard InChI is InChI=1S/C12H14ClFN2O3S/c13-10-2-1-8(5-11(10)14)16-12(17)6-9-7-20(18,19)4-3-15-9/h1-2,5,9,15H,3-4,6-7H2,(H,16,17). The molecule has 1 aromatic carbocycles. The summed E-state index contributed by atoms with van der Waals surface area (Å²) in [6.45, 7) is 0.343. The number of hydrogen-bond acceptors (Lipinski definition) is 4. The Morgan fingerprint density at radius 3 is 2.90 bits per heavy atom. The first-order chi connectivity index (χ1) is 9.35. The number of nitrogens with one attached hydrogen (secondary N) is 2. The first-order valence-corrected chi connectivity index (χ1v) is 8.24. The summed E-state index contributed by atoms with van der Waals surface area (Å²) < 4.78 is 36.1. The topological polar surface area (TPSA) is 75.3 Å². The molecule has 5 nitrogen and oxygen atoms in total. The van der Waals surface area contributed by atoms with Crippen molar-refractivity contribution >= 4 is 33.0 Å². The lowest BCUT2D eigenvalue weighted by molar-refractivity contribution is -0.116. The molecule has 2 N–H and O–H groups in total. The number of benzene rings is 1. The summed E-state index contributed by atoms with van der Waals surface area (Å²) in [4.78, 5) is 11.8. The molecule has 1 atom stereocenters. The molecule has 0 aliphatic carbocycles. The summed E-state index contributed by atoms with van der Waals surface area (Å²) in [5.74, 6) is -0.965. The number of hydrogen-bond donors (Lipinski definition) is 2. The van der Waals surface area contributed by atoms with Crippen LogP contribution in [0.25, 0.3) is 0 Å². The second kappa shape index (κ2) is 6.07. The molecule has 1 amide bonds. The quantitative estimate of drug-likeness (QED) is 0.877. The fourth-order valence-corrected chi connectivity index (χ4v) is 3.57. The molecule has 20 heavy (non-hydrogen) atoms. The van der Waals surface area contributed by atoms with Crippen molar-refractivity contribution in [1.82, 2.24) is 5.32 Å². The molecule has 0 radical (unpaired) electrons. The maximum atomic E-state index is 13.2. The Morgan fingerprint density at radius 1 is 1.50 bits per heavy atom. The molecule has 1 fully saturated rings. The van der Waals surface area contributed by atoms with Crippen LogP contribution in [-0.4, -0.2) is 38.4 Å². The van der Waals surface area contributed by atoms with Crippen molar-refractivity contribution in [2.45, 2.75) is 12.5 Å². The highest BCUT2D eigenvalue weighted by molar-refractivity contribution is 7.91. The summed E-state index contributed by atoms with van der Waals surface area (Å²) in [6, 6.07) is 3.53. The minimum Gasteiger partial charge on any atom is -0.326 e. The van der Waals surface area contributed by atoms with E-state index >= 15 is 0 Å². The van der Waals surface area contributed by atoms with Gasteiger partial charge in [0.25, 0.3) is 0 Å². The Kier molecular flexibility index (Phi) is 4.62. The molecule has 0 aromatic heterocycles. The predicted octanol–water partition coefficient (Wildman–Crippen LogP) is 1.19. The zero-order valence-electron chi connectivity index (χ0n) is 10.5. The van der Waals surface area contributed by atoms with Crippen molar-refractivity contribution in [1.29, 1.82) is 0 Å². The van der Waals surface area contributed by atoms with E-state index in [9.17, 15) is 17.6 Å². The zero-order valence-corrected chi connectivity index (χ0v) is 12.1. The first-order valence-electron chi connectivity index (χ1n) is 6.04. The van der Waals surface area contributed by atoms with Crippen LogP contribution in [0.4, 0.5) is 10.1 Å². The number of halogens is 2. The van der Waals surface area contributed by atoms with E-state index < -0.39 is 21.7 Å². The van der Waals surface area contributed by atoms with E-state index in [1.54, 1.807) is 0 Å². The highest BCUT2D eigenvalue weighted by Gasteiger charge is 2.25. The van der Waals surface area contributed by atoms with Gasteiger partial charge in [0.1, 0.15) is 5.82 Å². The maximum absolute atomic E-state index is 13.2. The summed E-state index contributed by atoms with van der Waals surface area (Å²) >= 11 is 5.54. The number of sulfone groups is 1. The Balaban J connectivity index is 1.93. The van der Waals surface area contributed by atoms with Crippen LogP contribution in [0.1, 0.15) is 6.42 Å². The van der Waals surface area contributed by atoms with Crippen LogP contribution in [0.3, 0.4) is 0 Å². The average molecular weight is 321 g/mol. The van der Waals surface area contributed by atoms with Crippen molar-refractivity contribution < 1.29 is 17.6 Å². The van der Waals surface area contributed by atoms with Crippen LogP contribution in [-0.2, 0) is 14.6 Å². The van der Waals surface area contributed by atoms with Gasteiger partial charge in [-0.15, -0.1) is 0 Å². The van der Waals surface area contributed by atoms with Crippen LogP contribution >= 0.6 is 11.6 Å². The molecule has 0 saturated carbocycles. The van der Waals surface area contributed by atoms with E-state index in [0.717, 1.165) is 6.07 Å². The maximum Gasteiger partial charge on any atom is 0.225 e. The van der Waals surface area contributed by atoms with Gasteiger partial charge in [0.2, 0.25) is 5.91 Å². The monoisotopic (exact) mass is 320 g/mol. The van der Waals surface area contributed by atoms with Gasteiger partial charge in [0, 0.05) is 24.7 Å². The summed E-state index contributed by atoms with van der Waals surface area (Å²) in [7, 11) is -3.08. The molecule has 8 heteroatoms. The zero-order chi connectivity index (χ0) is 14.8. The molecule has 2 rings (SSSR count). The Labute approximate surface area is 121 Å². The summed E-state index contributed by atoms with van der Waals surface area (Å²) in [5.41, 5.74) is 0.288. The molecular weight excluding hydrogens is 307 g/mol. The lowest BCUT2D eigenvalue weighted by atomic mass is 10.2. The van der Waals surface area contributed by atoms with E-state index in [2.05, 4.69) is 10.6 Å². The lowest BCUT2D eigenvalue weighted by Crippen LogP contribution is -2.46. The molecule has 0 bridgehead atoms. The number of carbonyl (C=O) groups excluding carboxylic acids is 1. The van der Waals surface area contributed by atoms with Crippen molar-refractivity contribution in [3.8, 4) is 0 Å². The molecule has 0 spiro atoms. The summed E-state index contributed by atoms with van der Waals surface area (Å²) in [5, 5.41) is 5.46. The van der Waals surface area contributed by atoms with Crippen molar-refractivity contribution in [2.24, 2.45) is 0 Å². The van der Waals surface area contributed by atoms with Gasteiger partial charge in [-0.3, -0.25) is 4.79 Å². The minimum absolute atomic E-state index is 0.0173. The Morgan fingerprint density at radius 2 is 2.25 bits per heavy atom. The first kappa shape index (κ1) is 15.2. The lowest BCUT2D eigenvalue weighted by Gasteiger charge is -2.23. The van der Waals surface area contributed by atoms with Gasteiger partial charge in [-0.2, -0.15) is 0 Å². The highest BCUT2D eigenvalue weighted by Crippen LogP contribution is 2.19. The van der Waals surface area contributed by atoms with E-state index in [-0.39, 0.29) is 34.5 Å². The third kappa shape index (κ3) is 4.16. The van der Waals surface area contributed by atoms with Gasteiger partial charge in [0.15, 0.2) is 9.84 Å².